The minimum absolute atomic E-state index is 0.135. The Balaban J connectivity index is 2.67. The molecule has 1 saturated heterocycles. The molecular weight excluding hydrogens is 228 g/mol. The van der Waals surface area contributed by atoms with Gasteiger partial charge in [0, 0.05) is 32.7 Å². The van der Waals surface area contributed by atoms with Crippen molar-refractivity contribution in [1.29, 1.82) is 0 Å². The molecule has 1 aliphatic rings. The van der Waals surface area contributed by atoms with Crippen molar-refractivity contribution in [3.63, 3.8) is 0 Å². The van der Waals surface area contributed by atoms with Crippen molar-refractivity contribution in [3.05, 3.63) is 0 Å². The monoisotopic (exact) mass is 258 g/mol. The number of hydrazine groups is 1. The highest BCUT2D eigenvalue weighted by Crippen LogP contribution is 2.32. The van der Waals surface area contributed by atoms with Gasteiger partial charge in [0.05, 0.1) is 11.6 Å². The van der Waals surface area contributed by atoms with Crippen LogP contribution in [0.1, 0.15) is 52.9 Å². The largest absolute Gasteiger partial charge is 0.381 e. The second kappa shape index (κ2) is 8.10. The Morgan fingerprint density at radius 2 is 2.00 bits per heavy atom. The molecule has 0 radical (unpaired) electrons. The molecule has 18 heavy (non-hydrogen) atoms. The van der Waals surface area contributed by atoms with Gasteiger partial charge in [-0.3, -0.25) is 11.3 Å². The smallest absolute Gasteiger partial charge is 0.0891 e. The fourth-order valence-corrected chi connectivity index (χ4v) is 3.05. The van der Waals surface area contributed by atoms with E-state index in [4.69, 9.17) is 15.3 Å². The molecule has 0 aromatic rings. The van der Waals surface area contributed by atoms with E-state index >= 15 is 0 Å². The Bertz CT molecular complexity index is 212. The van der Waals surface area contributed by atoms with Crippen LogP contribution in [0.25, 0.3) is 0 Å². The lowest BCUT2D eigenvalue weighted by atomic mass is 9.81. The van der Waals surface area contributed by atoms with Crippen molar-refractivity contribution in [2.75, 3.05) is 19.8 Å². The van der Waals surface area contributed by atoms with Gasteiger partial charge in [0.1, 0.15) is 0 Å². The fourth-order valence-electron chi connectivity index (χ4n) is 3.05. The summed E-state index contributed by atoms with van der Waals surface area (Å²) in [5, 5.41) is 0. The third kappa shape index (κ3) is 4.19. The molecule has 0 saturated carbocycles. The summed E-state index contributed by atoms with van der Waals surface area (Å²) in [7, 11) is 0. The number of nitrogens with one attached hydrogen (secondary N) is 1. The summed E-state index contributed by atoms with van der Waals surface area (Å²) < 4.78 is 11.5. The normalized spacial score (nSPS) is 22.7. The van der Waals surface area contributed by atoms with E-state index in [1.165, 1.54) is 12.8 Å². The molecule has 1 fully saturated rings. The molecular formula is C14H30N2O2. The van der Waals surface area contributed by atoms with Gasteiger partial charge in [-0.1, -0.05) is 26.7 Å². The molecule has 1 rings (SSSR count). The van der Waals surface area contributed by atoms with Gasteiger partial charge >= 0.3 is 0 Å². The first-order valence-electron chi connectivity index (χ1n) is 7.36. The van der Waals surface area contributed by atoms with E-state index in [0.717, 1.165) is 39.1 Å². The van der Waals surface area contributed by atoms with E-state index in [-0.39, 0.29) is 11.6 Å². The molecule has 1 aliphatic heterocycles. The third-order valence-electron chi connectivity index (χ3n) is 4.03. The first-order chi connectivity index (χ1) is 8.68. The highest BCUT2D eigenvalue weighted by molar-refractivity contribution is 4.95. The maximum atomic E-state index is 6.08. The Morgan fingerprint density at radius 3 is 2.50 bits per heavy atom. The lowest BCUT2D eigenvalue weighted by molar-refractivity contribution is -0.129. The predicted molar refractivity (Wildman–Crippen MR) is 74.2 cm³/mol. The zero-order valence-electron chi connectivity index (χ0n) is 12.2. The quantitative estimate of drug-likeness (QED) is 0.518. The molecule has 0 aromatic heterocycles. The summed E-state index contributed by atoms with van der Waals surface area (Å²) in [6.07, 6.45) is 5.42. The van der Waals surface area contributed by atoms with E-state index in [0.29, 0.717) is 5.92 Å². The first-order valence-corrected chi connectivity index (χ1v) is 7.36. The first kappa shape index (κ1) is 15.9. The van der Waals surface area contributed by atoms with Crippen LogP contribution in [0.2, 0.25) is 0 Å². The second-order valence-electron chi connectivity index (χ2n) is 5.46. The van der Waals surface area contributed by atoms with Crippen molar-refractivity contribution in [2.24, 2.45) is 11.8 Å². The summed E-state index contributed by atoms with van der Waals surface area (Å²) in [6, 6.07) is 0.225. The van der Waals surface area contributed by atoms with Crippen molar-refractivity contribution >= 4 is 0 Å². The van der Waals surface area contributed by atoms with Crippen molar-refractivity contribution < 1.29 is 9.47 Å². The molecule has 108 valence electrons. The van der Waals surface area contributed by atoms with Crippen LogP contribution in [-0.2, 0) is 9.47 Å². The maximum Gasteiger partial charge on any atom is 0.0891 e. The van der Waals surface area contributed by atoms with Gasteiger partial charge in [-0.25, -0.2) is 0 Å². The van der Waals surface area contributed by atoms with Crippen LogP contribution in [0.3, 0.4) is 0 Å². The van der Waals surface area contributed by atoms with E-state index in [1.54, 1.807) is 0 Å². The van der Waals surface area contributed by atoms with Crippen molar-refractivity contribution in [3.8, 4) is 0 Å². The topological polar surface area (TPSA) is 56.5 Å². The second-order valence-corrected chi connectivity index (χ2v) is 5.46. The van der Waals surface area contributed by atoms with Crippen LogP contribution in [0.5, 0.6) is 0 Å². The Kier molecular flexibility index (Phi) is 7.15. The SMILES string of the molecule is CCCC(C)CC(NN)C1(OCC)CCOCC1. The van der Waals surface area contributed by atoms with E-state index in [2.05, 4.69) is 26.2 Å². The van der Waals surface area contributed by atoms with E-state index in [9.17, 15) is 0 Å². The van der Waals surface area contributed by atoms with Crippen LogP contribution in [0.4, 0.5) is 0 Å². The fraction of sp³-hybridized carbons (Fsp3) is 1.00. The summed E-state index contributed by atoms with van der Waals surface area (Å²) in [4.78, 5) is 0. The third-order valence-corrected chi connectivity index (χ3v) is 4.03. The molecule has 4 nitrogen and oxygen atoms in total. The summed E-state index contributed by atoms with van der Waals surface area (Å²) in [5.41, 5.74) is 2.87. The summed E-state index contributed by atoms with van der Waals surface area (Å²) >= 11 is 0. The number of nitrogens with two attached hydrogens (primary N) is 1. The van der Waals surface area contributed by atoms with Gasteiger partial charge in [-0.05, 0) is 19.3 Å². The molecule has 2 unspecified atom stereocenters. The summed E-state index contributed by atoms with van der Waals surface area (Å²) in [5.74, 6) is 6.47. The van der Waals surface area contributed by atoms with Crippen molar-refractivity contribution in [1.82, 2.24) is 5.43 Å². The lowest BCUT2D eigenvalue weighted by Crippen LogP contribution is -2.58. The molecule has 3 N–H and O–H groups in total. The van der Waals surface area contributed by atoms with Crippen molar-refractivity contribution in [2.45, 2.75) is 64.5 Å². The predicted octanol–water partition coefficient (Wildman–Crippen LogP) is 2.23. The van der Waals surface area contributed by atoms with Crippen LogP contribution >= 0.6 is 0 Å². The highest BCUT2D eigenvalue weighted by Gasteiger charge is 2.41. The highest BCUT2D eigenvalue weighted by atomic mass is 16.5. The lowest BCUT2D eigenvalue weighted by Gasteiger charge is -2.43. The standard InChI is InChI=1S/C14H30N2O2/c1-4-6-12(3)11-13(16-15)14(18-5-2)7-9-17-10-8-14/h12-13,16H,4-11,15H2,1-3H3. The zero-order chi connectivity index (χ0) is 13.4. The minimum Gasteiger partial charge on any atom is -0.381 e. The maximum absolute atomic E-state index is 6.08. The summed E-state index contributed by atoms with van der Waals surface area (Å²) in [6.45, 7) is 8.88. The van der Waals surface area contributed by atoms with Gasteiger partial charge in [0.2, 0.25) is 0 Å². The van der Waals surface area contributed by atoms with Crippen LogP contribution in [0.15, 0.2) is 0 Å². The molecule has 0 bridgehead atoms. The van der Waals surface area contributed by atoms with Crippen LogP contribution < -0.4 is 11.3 Å². The average Bonchev–Trinajstić information content (AvgIpc) is 2.37. The Labute approximate surface area is 112 Å². The molecule has 0 amide bonds. The Morgan fingerprint density at radius 1 is 1.33 bits per heavy atom. The van der Waals surface area contributed by atoms with Crippen LogP contribution in [0, 0.1) is 5.92 Å². The van der Waals surface area contributed by atoms with Gasteiger partial charge in [-0.15, -0.1) is 0 Å². The Hall–Kier alpha value is -0.160. The number of rotatable bonds is 8. The zero-order valence-corrected chi connectivity index (χ0v) is 12.2. The number of hydrogen-bond donors (Lipinski definition) is 2. The molecule has 2 atom stereocenters. The van der Waals surface area contributed by atoms with Crippen LogP contribution in [-0.4, -0.2) is 31.5 Å². The minimum atomic E-state index is -0.135. The molecule has 0 spiro atoms. The number of ether oxygens (including phenoxy) is 2. The molecule has 0 aromatic carbocycles. The van der Waals surface area contributed by atoms with E-state index < -0.39 is 0 Å². The molecule has 0 aliphatic carbocycles. The van der Waals surface area contributed by atoms with Gasteiger partial charge in [0.15, 0.2) is 0 Å². The van der Waals surface area contributed by atoms with E-state index in [1.807, 2.05) is 0 Å². The van der Waals surface area contributed by atoms with Gasteiger partial charge in [-0.2, -0.15) is 0 Å². The average molecular weight is 258 g/mol. The number of hydrogen-bond acceptors (Lipinski definition) is 4. The van der Waals surface area contributed by atoms with Gasteiger partial charge < -0.3 is 9.47 Å². The molecule has 4 heteroatoms. The molecule has 1 heterocycles. The van der Waals surface area contributed by atoms with Gasteiger partial charge in [0.25, 0.3) is 0 Å².